The lowest BCUT2D eigenvalue weighted by molar-refractivity contribution is 0.0697. The highest BCUT2D eigenvalue weighted by atomic mass is 32.2. The Morgan fingerprint density at radius 2 is 1.83 bits per heavy atom. The third-order valence-electron chi connectivity index (χ3n) is 3.34. The first-order valence-corrected chi connectivity index (χ1v) is 8.24. The maximum Gasteiger partial charge on any atom is 0.335 e. The fourth-order valence-corrected chi connectivity index (χ4v) is 3.54. The number of hydrogen-bond acceptors (Lipinski definition) is 4. The van der Waals surface area contributed by atoms with E-state index < -0.39 is 16.0 Å². The van der Waals surface area contributed by atoms with Crippen LogP contribution >= 0.6 is 0 Å². The number of rotatable bonds is 5. The van der Waals surface area contributed by atoms with Gasteiger partial charge in [-0.15, -0.1) is 0 Å². The lowest BCUT2D eigenvalue weighted by Gasteiger charge is -2.13. The molecule has 0 atom stereocenters. The van der Waals surface area contributed by atoms with Gasteiger partial charge in [0.2, 0.25) is 0 Å². The van der Waals surface area contributed by atoms with E-state index in [9.17, 15) is 13.2 Å². The molecule has 0 heterocycles. The molecular weight excluding hydrogens is 318 g/mol. The summed E-state index contributed by atoms with van der Waals surface area (Å²) in [6.07, 6.45) is 0. The molecule has 2 rings (SSSR count). The Morgan fingerprint density at radius 1 is 1.13 bits per heavy atom. The topological polar surface area (TPSA) is 92.7 Å². The van der Waals surface area contributed by atoms with Gasteiger partial charge in [-0.25, -0.2) is 13.2 Å². The Bertz CT molecular complexity index is 859. The summed E-state index contributed by atoms with van der Waals surface area (Å²) >= 11 is 0. The fraction of sp³-hybridized carbons (Fsp3) is 0.188. The van der Waals surface area contributed by atoms with Crippen LogP contribution < -0.4 is 9.46 Å². The molecule has 0 saturated carbocycles. The minimum absolute atomic E-state index is 0.00316. The largest absolute Gasteiger partial charge is 0.496 e. The van der Waals surface area contributed by atoms with Crippen LogP contribution in [-0.2, 0) is 10.0 Å². The Hall–Kier alpha value is -2.54. The molecule has 0 fully saturated rings. The standard InChI is InChI=1S/C16H17NO5S/c1-10-7-11(2)15(9-14(10)22-3)23(20,21)17-13-6-4-5-12(8-13)16(18)19/h4-9,17H,1-3H3,(H,18,19). The van der Waals surface area contributed by atoms with Crippen molar-refractivity contribution >= 4 is 21.7 Å². The van der Waals surface area contributed by atoms with Crippen LogP contribution in [0, 0.1) is 13.8 Å². The SMILES string of the molecule is COc1cc(S(=O)(=O)Nc2cccc(C(=O)O)c2)c(C)cc1C. The average Bonchev–Trinajstić information content (AvgIpc) is 2.46. The van der Waals surface area contributed by atoms with Crippen LogP contribution in [0.2, 0.25) is 0 Å². The molecule has 6 nitrogen and oxygen atoms in total. The number of nitrogens with one attached hydrogen (secondary N) is 1. The number of aryl methyl sites for hydroxylation is 2. The predicted octanol–water partition coefficient (Wildman–Crippen LogP) is 2.81. The van der Waals surface area contributed by atoms with Crippen molar-refractivity contribution in [3.8, 4) is 5.75 Å². The molecule has 2 aromatic carbocycles. The lowest BCUT2D eigenvalue weighted by Crippen LogP contribution is -2.15. The van der Waals surface area contributed by atoms with E-state index in [-0.39, 0.29) is 16.1 Å². The van der Waals surface area contributed by atoms with Crippen molar-refractivity contribution in [2.24, 2.45) is 0 Å². The maximum absolute atomic E-state index is 12.6. The monoisotopic (exact) mass is 335 g/mol. The van der Waals surface area contributed by atoms with Gasteiger partial charge in [-0.2, -0.15) is 0 Å². The molecular formula is C16H17NO5S. The molecule has 7 heteroatoms. The Balaban J connectivity index is 2.43. The van der Waals surface area contributed by atoms with Gasteiger partial charge in [0.25, 0.3) is 10.0 Å². The maximum atomic E-state index is 12.6. The van der Waals surface area contributed by atoms with Crippen LogP contribution in [0.5, 0.6) is 5.75 Å². The van der Waals surface area contributed by atoms with Gasteiger partial charge in [-0.05, 0) is 43.2 Å². The fourth-order valence-electron chi connectivity index (χ4n) is 2.25. The average molecular weight is 335 g/mol. The Morgan fingerprint density at radius 3 is 2.43 bits per heavy atom. The van der Waals surface area contributed by atoms with Gasteiger partial charge < -0.3 is 9.84 Å². The van der Waals surface area contributed by atoms with Gasteiger partial charge in [0.05, 0.1) is 17.6 Å². The second-order valence-electron chi connectivity index (χ2n) is 5.08. The van der Waals surface area contributed by atoms with Gasteiger partial charge in [-0.1, -0.05) is 12.1 Å². The molecule has 23 heavy (non-hydrogen) atoms. The van der Waals surface area contributed by atoms with E-state index in [1.807, 2.05) is 6.92 Å². The second-order valence-corrected chi connectivity index (χ2v) is 6.73. The van der Waals surface area contributed by atoms with Crippen LogP contribution in [-0.4, -0.2) is 26.6 Å². The first kappa shape index (κ1) is 16.8. The molecule has 122 valence electrons. The molecule has 0 aliphatic heterocycles. The number of carboxylic acid groups (broad SMARTS) is 1. The zero-order valence-electron chi connectivity index (χ0n) is 13.0. The normalized spacial score (nSPS) is 11.1. The molecule has 2 aromatic rings. The predicted molar refractivity (Wildman–Crippen MR) is 86.7 cm³/mol. The summed E-state index contributed by atoms with van der Waals surface area (Å²) in [4.78, 5) is 11.1. The molecule has 0 bridgehead atoms. The van der Waals surface area contributed by atoms with Crippen molar-refractivity contribution in [3.05, 3.63) is 53.1 Å². The Labute approximate surface area is 134 Å². The summed E-state index contributed by atoms with van der Waals surface area (Å²) in [5, 5.41) is 8.97. The highest BCUT2D eigenvalue weighted by molar-refractivity contribution is 7.92. The molecule has 0 amide bonds. The van der Waals surface area contributed by atoms with Gasteiger partial charge >= 0.3 is 5.97 Å². The number of methoxy groups -OCH3 is 1. The number of carbonyl (C=O) groups is 1. The second kappa shape index (κ2) is 6.29. The first-order chi connectivity index (χ1) is 10.7. The number of hydrogen-bond donors (Lipinski definition) is 2. The van der Waals surface area contributed by atoms with Crippen LogP contribution in [0.15, 0.2) is 41.3 Å². The molecule has 0 saturated heterocycles. The minimum Gasteiger partial charge on any atom is -0.496 e. The smallest absolute Gasteiger partial charge is 0.335 e. The van der Waals surface area contributed by atoms with Crippen molar-refractivity contribution < 1.29 is 23.1 Å². The van der Waals surface area contributed by atoms with E-state index >= 15 is 0 Å². The van der Waals surface area contributed by atoms with Gasteiger partial charge in [0.1, 0.15) is 5.75 Å². The summed E-state index contributed by atoms with van der Waals surface area (Å²) in [6, 6.07) is 8.80. The third-order valence-corrected chi connectivity index (χ3v) is 4.87. The van der Waals surface area contributed by atoms with E-state index in [0.717, 1.165) is 5.56 Å². The van der Waals surface area contributed by atoms with E-state index in [2.05, 4.69) is 4.72 Å². The number of anilines is 1. The Kier molecular flexibility index (Phi) is 4.60. The number of aromatic carboxylic acids is 1. The number of benzene rings is 2. The van der Waals surface area contributed by atoms with Crippen molar-refractivity contribution in [2.45, 2.75) is 18.7 Å². The van der Waals surface area contributed by atoms with Crippen LogP contribution in [0.25, 0.3) is 0 Å². The molecule has 0 unspecified atom stereocenters. The van der Waals surface area contributed by atoms with Gasteiger partial charge in [-0.3, -0.25) is 4.72 Å². The van der Waals surface area contributed by atoms with Crippen molar-refractivity contribution in [2.75, 3.05) is 11.8 Å². The highest BCUT2D eigenvalue weighted by Crippen LogP contribution is 2.27. The van der Waals surface area contributed by atoms with E-state index in [1.54, 1.807) is 13.0 Å². The summed E-state index contributed by atoms with van der Waals surface area (Å²) in [5.74, 6) is -0.658. The number of carboxylic acids is 1. The van der Waals surface area contributed by atoms with Crippen LogP contribution in [0.3, 0.4) is 0 Å². The van der Waals surface area contributed by atoms with E-state index in [0.29, 0.717) is 11.3 Å². The van der Waals surface area contributed by atoms with Crippen molar-refractivity contribution in [1.29, 1.82) is 0 Å². The van der Waals surface area contributed by atoms with Crippen LogP contribution in [0.1, 0.15) is 21.5 Å². The molecule has 0 aliphatic carbocycles. The zero-order valence-corrected chi connectivity index (χ0v) is 13.8. The number of ether oxygens (including phenoxy) is 1. The summed E-state index contributed by atoms with van der Waals surface area (Å²) in [5.41, 5.74) is 1.59. The molecule has 2 N–H and O–H groups in total. The van der Waals surface area contributed by atoms with Gasteiger partial charge in [0.15, 0.2) is 0 Å². The van der Waals surface area contributed by atoms with E-state index in [1.165, 1.54) is 37.4 Å². The molecule has 0 aromatic heterocycles. The van der Waals surface area contributed by atoms with Gasteiger partial charge in [0, 0.05) is 11.8 Å². The highest BCUT2D eigenvalue weighted by Gasteiger charge is 2.19. The lowest BCUT2D eigenvalue weighted by atomic mass is 10.1. The summed E-state index contributed by atoms with van der Waals surface area (Å²) in [6.45, 7) is 3.51. The molecule has 0 aliphatic rings. The summed E-state index contributed by atoms with van der Waals surface area (Å²) in [7, 11) is -2.39. The van der Waals surface area contributed by atoms with Crippen molar-refractivity contribution in [3.63, 3.8) is 0 Å². The van der Waals surface area contributed by atoms with Crippen molar-refractivity contribution in [1.82, 2.24) is 0 Å². The molecule has 0 radical (unpaired) electrons. The zero-order chi connectivity index (χ0) is 17.2. The first-order valence-electron chi connectivity index (χ1n) is 6.76. The summed E-state index contributed by atoms with van der Waals surface area (Å²) < 4.78 is 32.7. The third kappa shape index (κ3) is 3.62. The van der Waals surface area contributed by atoms with E-state index in [4.69, 9.17) is 9.84 Å². The number of sulfonamides is 1. The quantitative estimate of drug-likeness (QED) is 0.876. The molecule has 0 spiro atoms. The van der Waals surface area contributed by atoms with Crippen LogP contribution in [0.4, 0.5) is 5.69 Å². The minimum atomic E-state index is -3.86.